The molecule has 114 valence electrons. The molecular formula is C16H28N2O2. The van der Waals surface area contributed by atoms with Crippen LogP contribution in [0.3, 0.4) is 0 Å². The molecule has 2 aliphatic carbocycles. The van der Waals surface area contributed by atoms with Crippen molar-refractivity contribution >= 4 is 5.91 Å². The molecule has 3 rings (SSSR count). The van der Waals surface area contributed by atoms with Gasteiger partial charge in [-0.15, -0.1) is 0 Å². The molecule has 2 N–H and O–H groups in total. The fourth-order valence-corrected chi connectivity index (χ4v) is 4.47. The van der Waals surface area contributed by atoms with Gasteiger partial charge in [-0.3, -0.25) is 4.79 Å². The first-order chi connectivity index (χ1) is 9.72. The van der Waals surface area contributed by atoms with E-state index in [1.165, 1.54) is 25.7 Å². The Labute approximate surface area is 122 Å². The second-order valence-electron chi connectivity index (χ2n) is 6.96. The maximum absolute atomic E-state index is 12.0. The standard InChI is InChI=1S/C16H28N2O2/c1-11(15-8-12-4-5-13(15)7-12)18-16(19)10-17-9-14-3-2-6-20-14/h11-15,17H,2-10H2,1H3,(H,18,19). The van der Waals surface area contributed by atoms with E-state index >= 15 is 0 Å². The predicted molar refractivity (Wildman–Crippen MR) is 78.4 cm³/mol. The smallest absolute Gasteiger partial charge is 0.234 e. The van der Waals surface area contributed by atoms with Crippen molar-refractivity contribution in [3.63, 3.8) is 0 Å². The quantitative estimate of drug-likeness (QED) is 0.778. The van der Waals surface area contributed by atoms with Gasteiger partial charge in [0.05, 0.1) is 12.6 Å². The third-order valence-electron chi connectivity index (χ3n) is 5.51. The molecule has 2 saturated carbocycles. The number of amides is 1. The molecule has 0 aromatic heterocycles. The van der Waals surface area contributed by atoms with Gasteiger partial charge in [-0.05, 0) is 56.8 Å². The summed E-state index contributed by atoms with van der Waals surface area (Å²) in [6.45, 7) is 4.28. The van der Waals surface area contributed by atoms with E-state index in [9.17, 15) is 4.79 Å². The van der Waals surface area contributed by atoms with Crippen LogP contribution in [0.5, 0.6) is 0 Å². The molecule has 5 unspecified atom stereocenters. The highest BCUT2D eigenvalue weighted by Crippen LogP contribution is 2.49. The van der Waals surface area contributed by atoms with E-state index in [0.29, 0.717) is 18.7 Å². The van der Waals surface area contributed by atoms with Gasteiger partial charge in [0.15, 0.2) is 0 Å². The van der Waals surface area contributed by atoms with E-state index in [1.54, 1.807) is 0 Å². The first-order valence-corrected chi connectivity index (χ1v) is 8.34. The maximum Gasteiger partial charge on any atom is 0.234 e. The van der Waals surface area contributed by atoms with E-state index in [0.717, 1.165) is 43.7 Å². The minimum absolute atomic E-state index is 0.137. The van der Waals surface area contributed by atoms with Crippen LogP contribution < -0.4 is 10.6 Å². The average Bonchev–Trinajstić information content (AvgIpc) is 3.15. The number of hydrogen-bond donors (Lipinski definition) is 2. The van der Waals surface area contributed by atoms with Crippen molar-refractivity contribution in [2.45, 2.75) is 57.6 Å². The second kappa shape index (κ2) is 6.44. The van der Waals surface area contributed by atoms with Crippen molar-refractivity contribution in [1.82, 2.24) is 10.6 Å². The van der Waals surface area contributed by atoms with Crippen LogP contribution in [0, 0.1) is 17.8 Å². The predicted octanol–water partition coefficient (Wildman–Crippen LogP) is 1.70. The normalized spacial score (nSPS) is 37.2. The number of carbonyl (C=O) groups is 1. The Bertz CT molecular complexity index is 341. The Kier molecular flexibility index (Phi) is 4.61. The highest BCUT2D eigenvalue weighted by Gasteiger charge is 2.42. The van der Waals surface area contributed by atoms with Crippen LogP contribution in [-0.2, 0) is 9.53 Å². The summed E-state index contributed by atoms with van der Waals surface area (Å²) in [5.74, 6) is 2.67. The minimum atomic E-state index is 0.137. The summed E-state index contributed by atoms with van der Waals surface area (Å²) in [5, 5.41) is 6.41. The summed E-state index contributed by atoms with van der Waals surface area (Å²) < 4.78 is 5.54. The van der Waals surface area contributed by atoms with Gasteiger partial charge in [0.25, 0.3) is 0 Å². The molecule has 0 aromatic rings. The van der Waals surface area contributed by atoms with Gasteiger partial charge in [-0.25, -0.2) is 0 Å². The minimum Gasteiger partial charge on any atom is -0.377 e. The third-order valence-corrected chi connectivity index (χ3v) is 5.51. The van der Waals surface area contributed by atoms with E-state index in [-0.39, 0.29) is 5.91 Å². The van der Waals surface area contributed by atoms with Gasteiger partial charge in [-0.2, -0.15) is 0 Å². The van der Waals surface area contributed by atoms with Crippen LogP contribution >= 0.6 is 0 Å². The molecule has 4 heteroatoms. The van der Waals surface area contributed by atoms with Gasteiger partial charge in [0, 0.05) is 19.2 Å². The van der Waals surface area contributed by atoms with Crippen molar-refractivity contribution in [2.75, 3.05) is 19.7 Å². The number of nitrogens with one attached hydrogen (secondary N) is 2. The van der Waals surface area contributed by atoms with Crippen LogP contribution in [0.2, 0.25) is 0 Å². The molecule has 0 radical (unpaired) electrons. The van der Waals surface area contributed by atoms with Crippen molar-refractivity contribution in [3.8, 4) is 0 Å². The molecule has 3 aliphatic rings. The zero-order valence-corrected chi connectivity index (χ0v) is 12.6. The van der Waals surface area contributed by atoms with E-state index in [2.05, 4.69) is 17.6 Å². The van der Waals surface area contributed by atoms with Gasteiger partial charge in [-0.1, -0.05) is 6.42 Å². The Morgan fingerprint density at radius 2 is 2.20 bits per heavy atom. The third kappa shape index (κ3) is 3.34. The summed E-state index contributed by atoms with van der Waals surface area (Å²) in [6, 6.07) is 0.335. The fourth-order valence-electron chi connectivity index (χ4n) is 4.47. The lowest BCUT2D eigenvalue weighted by atomic mass is 9.84. The van der Waals surface area contributed by atoms with Gasteiger partial charge in [0.1, 0.15) is 0 Å². The number of rotatable bonds is 6. The van der Waals surface area contributed by atoms with E-state index in [1.807, 2.05) is 0 Å². The molecule has 20 heavy (non-hydrogen) atoms. The largest absolute Gasteiger partial charge is 0.377 e. The molecule has 5 atom stereocenters. The number of fused-ring (bicyclic) bond motifs is 2. The number of hydrogen-bond acceptors (Lipinski definition) is 3. The lowest BCUT2D eigenvalue weighted by molar-refractivity contribution is -0.121. The summed E-state index contributed by atoms with van der Waals surface area (Å²) in [7, 11) is 0. The van der Waals surface area contributed by atoms with Gasteiger partial charge in [0.2, 0.25) is 5.91 Å². The fraction of sp³-hybridized carbons (Fsp3) is 0.938. The number of ether oxygens (including phenoxy) is 1. The first-order valence-electron chi connectivity index (χ1n) is 8.34. The zero-order chi connectivity index (χ0) is 13.9. The Hall–Kier alpha value is -0.610. The monoisotopic (exact) mass is 280 g/mol. The highest BCUT2D eigenvalue weighted by molar-refractivity contribution is 5.78. The second-order valence-corrected chi connectivity index (χ2v) is 6.96. The molecule has 0 aromatic carbocycles. The van der Waals surface area contributed by atoms with Crippen molar-refractivity contribution in [2.24, 2.45) is 17.8 Å². The first kappa shape index (κ1) is 14.3. The molecule has 1 amide bonds. The lowest BCUT2D eigenvalue weighted by Gasteiger charge is -2.28. The molecule has 1 aliphatic heterocycles. The highest BCUT2D eigenvalue weighted by atomic mass is 16.5. The van der Waals surface area contributed by atoms with Crippen LogP contribution in [0.4, 0.5) is 0 Å². The molecule has 1 heterocycles. The Morgan fingerprint density at radius 3 is 2.85 bits per heavy atom. The van der Waals surface area contributed by atoms with Crippen LogP contribution in [0.1, 0.15) is 45.4 Å². The maximum atomic E-state index is 12.0. The van der Waals surface area contributed by atoms with Crippen LogP contribution in [-0.4, -0.2) is 37.7 Å². The van der Waals surface area contributed by atoms with Crippen LogP contribution in [0.15, 0.2) is 0 Å². The van der Waals surface area contributed by atoms with E-state index < -0.39 is 0 Å². The molecule has 0 spiro atoms. The van der Waals surface area contributed by atoms with Crippen LogP contribution in [0.25, 0.3) is 0 Å². The van der Waals surface area contributed by atoms with Crippen molar-refractivity contribution in [1.29, 1.82) is 0 Å². The molecule has 2 bridgehead atoms. The number of carbonyl (C=O) groups excluding carboxylic acids is 1. The molecule has 4 nitrogen and oxygen atoms in total. The van der Waals surface area contributed by atoms with Crippen molar-refractivity contribution < 1.29 is 9.53 Å². The summed E-state index contributed by atoms with van der Waals surface area (Å²) >= 11 is 0. The Morgan fingerprint density at radius 1 is 1.30 bits per heavy atom. The SMILES string of the molecule is CC(NC(=O)CNCC1CCCO1)C1CC2CCC1C2. The summed E-state index contributed by atoms with van der Waals surface area (Å²) in [5.41, 5.74) is 0. The average molecular weight is 280 g/mol. The summed E-state index contributed by atoms with van der Waals surface area (Å²) in [4.78, 5) is 12.0. The molecular weight excluding hydrogens is 252 g/mol. The topological polar surface area (TPSA) is 50.4 Å². The molecule has 3 fully saturated rings. The lowest BCUT2D eigenvalue weighted by Crippen LogP contribution is -2.44. The Balaban J connectivity index is 1.33. The molecule has 1 saturated heterocycles. The van der Waals surface area contributed by atoms with Gasteiger partial charge >= 0.3 is 0 Å². The van der Waals surface area contributed by atoms with E-state index in [4.69, 9.17) is 4.74 Å². The van der Waals surface area contributed by atoms with Gasteiger partial charge < -0.3 is 15.4 Å². The zero-order valence-electron chi connectivity index (χ0n) is 12.6. The summed E-state index contributed by atoms with van der Waals surface area (Å²) in [6.07, 6.45) is 8.12. The van der Waals surface area contributed by atoms with Crippen molar-refractivity contribution in [3.05, 3.63) is 0 Å².